The minimum Gasteiger partial charge on any atom is -0.456 e. The van der Waals surface area contributed by atoms with Crippen molar-refractivity contribution in [3.05, 3.63) is 29.8 Å². The molecule has 0 spiro atoms. The summed E-state index contributed by atoms with van der Waals surface area (Å²) in [4.78, 5) is 25.0. The van der Waals surface area contributed by atoms with Gasteiger partial charge in [-0.1, -0.05) is 0 Å². The zero-order chi connectivity index (χ0) is 15.2. The van der Waals surface area contributed by atoms with E-state index in [4.69, 9.17) is 4.74 Å². The molecule has 1 heterocycles. The van der Waals surface area contributed by atoms with Crippen LogP contribution in [0.15, 0.2) is 24.3 Å². The normalized spacial score (nSPS) is 27.2. The summed E-state index contributed by atoms with van der Waals surface area (Å²) in [6.45, 7) is 7.47. The number of hydrogen-bond acceptors (Lipinski definition) is 4. The SMILES string of the molecule is CC(C)(C)OC(=O)c1ccc(N2CC3C(C=O)C3C2)cc1. The first-order valence-corrected chi connectivity index (χ1v) is 7.43. The number of rotatable bonds is 3. The minimum absolute atomic E-state index is 0.280. The van der Waals surface area contributed by atoms with Crippen molar-refractivity contribution in [3.8, 4) is 0 Å². The van der Waals surface area contributed by atoms with Crippen LogP contribution in [0.1, 0.15) is 31.1 Å². The van der Waals surface area contributed by atoms with Crippen LogP contribution < -0.4 is 4.90 Å². The predicted octanol–water partition coefficient (Wildman–Crippen LogP) is 2.52. The fraction of sp³-hybridized carbons (Fsp3) is 0.529. The maximum Gasteiger partial charge on any atom is 0.338 e. The first-order valence-electron chi connectivity index (χ1n) is 7.43. The number of anilines is 1. The van der Waals surface area contributed by atoms with Gasteiger partial charge >= 0.3 is 5.97 Å². The average molecular weight is 287 g/mol. The van der Waals surface area contributed by atoms with Gasteiger partial charge < -0.3 is 14.4 Å². The maximum atomic E-state index is 12.0. The van der Waals surface area contributed by atoms with Gasteiger partial charge in [-0.05, 0) is 56.9 Å². The number of aldehydes is 1. The molecular formula is C17H21NO3. The highest BCUT2D eigenvalue weighted by Crippen LogP contribution is 2.51. The summed E-state index contributed by atoms with van der Waals surface area (Å²) in [7, 11) is 0. The molecule has 4 heteroatoms. The van der Waals surface area contributed by atoms with Crippen molar-refractivity contribution in [2.24, 2.45) is 17.8 Å². The van der Waals surface area contributed by atoms with Crippen molar-refractivity contribution in [2.75, 3.05) is 18.0 Å². The molecule has 0 bridgehead atoms. The lowest BCUT2D eigenvalue weighted by molar-refractivity contribution is -0.109. The molecule has 1 aromatic carbocycles. The first kappa shape index (κ1) is 14.1. The van der Waals surface area contributed by atoms with Gasteiger partial charge in [0.05, 0.1) is 5.56 Å². The fourth-order valence-corrected chi connectivity index (χ4v) is 3.13. The third kappa shape index (κ3) is 2.80. The molecule has 1 aromatic rings. The van der Waals surface area contributed by atoms with Gasteiger partial charge in [0.15, 0.2) is 0 Å². The molecule has 0 radical (unpaired) electrons. The number of nitrogens with zero attached hydrogens (tertiary/aromatic N) is 1. The van der Waals surface area contributed by atoms with Gasteiger partial charge in [-0.3, -0.25) is 0 Å². The van der Waals surface area contributed by atoms with E-state index in [1.54, 1.807) is 0 Å². The Morgan fingerprint density at radius 3 is 2.24 bits per heavy atom. The van der Waals surface area contributed by atoms with Crippen molar-refractivity contribution >= 4 is 17.9 Å². The van der Waals surface area contributed by atoms with Crippen LogP contribution in [0.2, 0.25) is 0 Å². The van der Waals surface area contributed by atoms with Crippen LogP contribution in [0.3, 0.4) is 0 Å². The lowest BCUT2D eigenvalue weighted by atomic mass is 10.1. The number of hydrogen-bond donors (Lipinski definition) is 0. The summed E-state index contributed by atoms with van der Waals surface area (Å²) in [5, 5.41) is 0. The summed E-state index contributed by atoms with van der Waals surface area (Å²) >= 11 is 0. The molecule has 2 aliphatic rings. The number of benzene rings is 1. The number of fused-ring (bicyclic) bond motifs is 1. The zero-order valence-corrected chi connectivity index (χ0v) is 12.7. The molecule has 0 amide bonds. The Labute approximate surface area is 125 Å². The smallest absolute Gasteiger partial charge is 0.338 e. The van der Waals surface area contributed by atoms with Crippen molar-refractivity contribution in [1.82, 2.24) is 0 Å². The van der Waals surface area contributed by atoms with Crippen molar-refractivity contribution in [1.29, 1.82) is 0 Å². The Hall–Kier alpha value is -1.84. The highest BCUT2D eigenvalue weighted by Gasteiger charge is 2.55. The van der Waals surface area contributed by atoms with Gasteiger partial charge in [-0.2, -0.15) is 0 Å². The number of esters is 1. The Morgan fingerprint density at radius 1 is 1.19 bits per heavy atom. The molecule has 1 saturated heterocycles. The van der Waals surface area contributed by atoms with E-state index in [2.05, 4.69) is 4.90 Å². The van der Waals surface area contributed by atoms with Gasteiger partial charge in [-0.25, -0.2) is 4.79 Å². The van der Waals surface area contributed by atoms with Crippen LogP contribution in [-0.4, -0.2) is 30.9 Å². The van der Waals surface area contributed by atoms with Crippen LogP contribution >= 0.6 is 0 Å². The second-order valence-electron chi connectivity index (χ2n) is 6.99. The summed E-state index contributed by atoms with van der Waals surface area (Å²) in [6, 6.07) is 7.54. The highest BCUT2D eigenvalue weighted by atomic mass is 16.6. The quantitative estimate of drug-likeness (QED) is 0.633. The standard InChI is InChI=1S/C17H21NO3/c1-17(2,3)21-16(20)11-4-6-12(7-5-11)18-8-13-14(9-18)15(13)10-19/h4-7,10,13-15H,8-9H2,1-3H3. The molecular weight excluding hydrogens is 266 g/mol. The first-order chi connectivity index (χ1) is 9.89. The summed E-state index contributed by atoms with van der Waals surface area (Å²) < 4.78 is 5.35. The summed E-state index contributed by atoms with van der Waals surface area (Å²) in [5.74, 6) is 1.06. The molecule has 3 rings (SSSR count). The Bertz CT molecular complexity index is 546. The third-order valence-corrected chi connectivity index (χ3v) is 4.28. The van der Waals surface area contributed by atoms with E-state index in [-0.39, 0.29) is 11.9 Å². The molecule has 1 saturated carbocycles. The van der Waals surface area contributed by atoms with Gasteiger partial charge in [0.1, 0.15) is 11.9 Å². The lowest BCUT2D eigenvalue weighted by Crippen LogP contribution is -2.25. The van der Waals surface area contributed by atoms with Gasteiger partial charge in [0.25, 0.3) is 0 Å². The Kier molecular flexibility index (Phi) is 3.27. The van der Waals surface area contributed by atoms with E-state index in [1.165, 1.54) is 0 Å². The van der Waals surface area contributed by atoms with E-state index >= 15 is 0 Å². The second-order valence-corrected chi connectivity index (χ2v) is 6.99. The molecule has 0 N–H and O–H groups in total. The summed E-state index contributed by atoms with van der Waals surface area (Å²) in [6.07, 6.45) is 1.10. The zero-order valence-electron chi connectivity index (χ0n) is 12.7. The number of carbonyl (C=O) groups is 2. The third-order valence-electron chi connectivity index (χ3n) is 4.28. The Morgan fingerprint density at radius 2 is 1.76 bits per heavy atom. The van der Waals surface area contributed by atoms with Gasteiger partial charge in [-0.15, -0.1) is 0 Å². The fourth-order valence-electron chi connectivity index (χ4n) is 3.13. The predicted molar refractivity (Wildman–Crippen MR) is 80.4 cm³/mol. The molecule has 112 valence electrons. The second kappa shape index (κ2) is 4.86. The molecule has 2 unspecified atom stereocenters. The molecule has 21 heavy (non-hydrogen) atoms. The van der Waals surface area contributed by atoms with Crippen LogP contribution in [0.4, 0.5) is 5.69 Å². The molecule has 2 atom stereocenters. The molecule has 2 fully saturated rings. The molecule has 4 nitrogen and oxygen atoms in total. The summed E-state index contributed by atoms with van der Waals surface area (Å²) in [5.41, 5.74) is 1.21. The number of carbonyl (C=O) groups excluding carboxylic acids is 2. The molecule has 1 aliphatic carbocycles. The van der Waals surface area contributed by atoms with E-state index in [0.29, 0.717) is 17.4 Å². The van der Waals surface area contributed by atoms with E-state index < -0.39 is 5.60 Å². The van der Waals surface area contributed by atoms with Crippen LogP contribution in [0.5, 0.6) is 0 Å². The van der Waals surface area contributed by atoms with Crippen LogP contribution in [-0.2, 0) is 9.53 Å². The average Bonchev–Trinajstić information content (AvgIpc) is 2.88. The van der Waals surface area contributed by atoms with Crippen molar-refractivity contribution in [3.63, 3.8) is 0 Å². The van der Waals surface area contributed by atoms with Crippen molar-refractivity contribution < 1.29 is 14.3 Å². The van der Waals surface area contributed by atoms with E-state index in [1.807, 2.05) is 45.0 Å². The Balaban J connectivity index is 1.63. The highest BCUT2D eigenvalue weighted by molar-refractivity contribution is 5.90. The maximum absolute atomic E-state index is 12.0. The monoisotopic (exact) mass is 287 g/mol. The minimum atomic E-state index is -0.476. The lowest BCUT2D eigenvalue weighted by Gasteiger charge is -2.22. The van der Waals surface area contributed by atoms with Crippen molar-refractivity contribution in [2.45, 2.75) is 26.4 Å². The number of ether oxygens (including phenoxy) is 1. The topological polar surface area (TPSA) is 46.6 Å². The molecule has 1 aliphatic heterocycles. The van der Waals surface area contributed by atoms with E-state index in [9.17, 15) is 9.59 Å². The molecule has 0 aromatic heterocycles. The van der Waals surface area contributed by atoms with E-state index in [0.717, 1.165) is 25.1 Å². The largest absolute Gasteiger partial charge is 0.456 e. The van der Waals surface area contributed by atoms with Crippen LogP contribution in [0, 0.1) is 17.8 Å². The van der Waals surface area contributed by atoms with Crippen LogP contribution in [0.25, 0.3) is 0 Å². The number of piperidine rings is 1. The van der Waals surface area contributed by atoms with Gasteiger partial charge in [0.2, 0.25) is 0 Å². The van der Waals surface area contributed by atoms with Gasteiger partial charge in [0, 0.05) is 24.7 Å².